The van der Waals surface area contributed by atoms with Gasteiger partial charge in [-0.2, -0.15) is 0 Å². The minimum Gasteiger partial charge on any atom is -0.352 e. The third-order valence-corrected chi connectivity index (χ3v) is 5.84. The molecular weight excluding hydrogens is 395 g/mol. The number of aromatic amines is 1. The summed E-state index contributed by atoms with van der Waals surface area (Å²) in [6.07, 6.45) is -0.294. The zero-order chi connectivity index (χ0) is 20.9. The Morgan fingerprint density at radius 2 is 2.25 bits per heavy atom. The molecule has 1 aromatic rings. The van der Waals surface area contributed by atoms with Gasteiger partial charge in [-0.05, 0) is 19.4 Å². The Bertz CT molecular complexity index is 937. The highest BCUT2D eigenvalue weighted by Crippen LogP contribution is 2.49. The number of nitrogens with one attached hydrogen (secondary N) is 2. The molecular formula is C14H21N6O7P. The van der Waals surface area contributed by atoms with Gasteiger partial charge < -0.3 is 14.6 Å². The first-order valence-corrected chi connectivity index (χ1v) is 9.93. The Morgan fingerprint density at radius 1 is 1.54 bits per heavy atom. The van der Waals surface area contributed by atoms with E-state index in [1.54, 1.807) is 6.92 Å². The summed E-state index contributed by atoms with van der Waals surface area (Å²) in [5, 5.41) is 5.82. The summed E-state index contributed by atoms with van der Waals surface area (Å²) in [6.45, 7) is 2.68. The van der Waals surface area contributed by atoms with Gasteiger partial charge in [0, 0.05) is 30.1 Å². The SMILES string of the molecule is CCOP(=O)(OC[C@H]1O[C@@H](n2cc(C)c(=O)[nH]c2=O)C[C@@H]1N=[N+]=[N-])C(=O)NC. The predicted octanol–water partition coefficient (Wildman–Crippen LogP) is 1.40. The number of carbonyl (C=O) groups excluding carboxylic acids is 1. The normalized spacial score (nSPS) is 23.6. The van der Waals surface area contributed by atoms with Crippen molar-refractivity contribution in [2.45, 2.75) is 38.6 Å². The van der Waals surface area contributed by atoms with Crippen molar-refractivity contribution < 1.29 is 23.1 Å². The van der Waals surface area contributed by atoms with Crippen LogP contribution in [0.1, 0.15) is 25.1 Å². The molecule has 1 aromatic heterocycles. The summed E-state index contributed by atoms with van der Waals surface area (Å²) < 4.78 is 29.6. The van der Waals surface area contributed by atoms with E-state index in [0.29, 0.717) is 5.56 Å². The molecule has 1 saturated heterocycles. The molecule has 1 aliphatic rings. The number of amides is 1. The Balaban J connectivity index is 2.22. The van der Waals surface area contributed by atoms with Crippen LogP contribution in [0.15, 0.2) is 20.9 Å². The van der Waals surface area contributed by atoms with E-state index in [9.17, 15) is 18.9 Å². The maximum Gasteiger partial charge on any atom is 0.418 e. The van der Waals surface area contributed by atoms with E-state index in [4.69, 9.17) is 19.3 Å². The molecule has 2 N–H and O–H groups in total. The Kier molecular flexibility index (Phi) is 7.17. The average molecular weight is 416 g/mol. The van der Waals surface area contributed by atoms with E-state index in [-0.39, 0.29) is 19.6 Å². The van der Waals surface area contributed by atoms with Crippen LogP contribution < -0.4 is 16.6 Å². The largest absolute Gasteiger partial charge is 0.418 e. The lowest BCUT2D eigenvalue weighted by molar-refractivity contribution is -0.0243. The number of aryl methyl sites for hydroxylation is 1. The molecule has 0 aliphatic carbocycles. The summed E-state index contributed by atoms with van der Waals surface area (Å²) in [6, 6.07) is -0.756. The summed E-state index contributed by atoms with van der Waals surface area (Å²) in [4.78, 5) is 40.3. The fraction of sp³-hybridized carbons (Fsp3) is 0.643. The highest BCUT2D eigenvalue weighted by molar-refractivity contribution is 7.71. The molecule has 2 heterocycles. The van der Waals surface area contributed by atoms with Crippen LogP contribution >= 0.6 is 7.60 Å². The van der Waals surface area contributed by atoms with E-state index in [1.165, 1.54) is 20.2 Å². The second kappa shape index (κ2) is 9.18. The molecule has 4 atom stereocenters. The van der Waals surface area contributed by atoms with Gasteiger partial charge in [-0.1, -0.05) is 5.11 Å². The molecule has 0 spiro atoms. The second-order valence-corrected chi connectivity index (χ2v) is 7.80. The fourth-order valence-electron chi connectivity index (χ4n) is 2.66. The van der Waals surface area contributed by atoms with Crippen LogP contribution in [0.25, 0.3) is 10.4 Å². The van der Waals surface area contributed by atoms with Gasteiger partial charge in [0.2, 0.25) is 0 Å². The summed E-state index contributed by atoms with van der Waals surface area (Å²) >= 11 is 0. The van der Waals surface area contributed by atoms with Gasteiger partial charge in [0.1, 0.15) is 6.23 Å². The van der Waals surface area contributed by atoms with Gasteiger partial charge in [0.05, 0.1) is 25.4 Å². The van der Waals surface area contributed by atoms with Crippen molar-refractivity contribution >= 4 is 13.2 Å². The molecule has 0 bridgehead atoms. The highest BCUT2D eigenvalue weighted by Gasteiger charge is 2.40. The monoisotopic (exact) mass is 416 g/mol. The number of H-pyrrole nitrogens is 1. The first-order chi connectivity index (χ1) is 13.3. The molecule has 0 radical (unpaired) electrons. The van der Waals surface area contributed by atoms with Crippen LogP contribution in [0.5, 0.6) is 0 Å². The molecule has 1 aliphatic heterocycles. The van der Waals surface area contributed by atoms with E-state index < -0.39 is 42.9 Å². The average Bonchev–Trinajstić information content (AvgIpc) is 3.05. The summed E-state index contributed by atoms with van der Waals surface area (Å²) in [7, 11) is -2.82. The van der Waals surface area contributed by atoms with Crippen molar-refractivity contribution in [3.05, 3.63) is 43.0 Å². The van der Waals surface area contributed by atoms with Crippen molar-refractivity contribution in [1.29, 1.82) is 0 Å². The second-order valence-electron chi connectivity index (χ2n) is 5.88. The van der Waals surface area contributed by atoms with Gasteiger partial charge in [-0.3, -0.25) is 23.7 Å². The number of carbonyl (C=O) groups is 1. The predicted molar refractivity (Wildman–Crippen MR) is 97.2 cm³/mol. The van der Waals surface area contributed by atoms with Crippen LogP contribution in [-0.4, -0.2) is 47.6 Å². The van der Waals surface area contributed by atoms with E-state index in [2.05, 4.69) is 20.3 Å². The van der Waals surface area contributed by atoms with Crippen LogP contribution in [-0.2, 0) is 18.3 Å². The third kappa shape index (κ3) is 4.70. The molecule has 28 heavy (non-hydrogen) atoms. The number of rotatable bonds is 8. The Labute approximate surface area is 159 Å². The highest BCUT2D eigenvalue weighted by atomic mass is 31.2. The maximum absolute atomic E-state index is 12.5. The molecule has 14 heteroatoms. The molecule has 1 amide bonds. The first kappa shape index (κ1) is 21.9. The Hall–Kier alpha value is -2.43. The summed E-state index contributed by atoms with van der Waals surface area (Å²) in [5.41, 5.74) is 6.95. The maximum atomic E-state index is 12.5. The molecule has 0 saturated carbocycles. The zero-order valence-corrected chi connectivity index (χ0v) is 16.4. The molecule has 154 valence electrons. The van der Waals surface area contributed by atoms with E-state index in [0.717, 1.165) is 4.57 Å². The molecule has 2 rings (SSSR count). The van der Waals surface area contributed by atoms with Crippen LogP contribution in [0, 0.1) is 6.92 Å². The van der Waals surface area contributed by atoms with Gasteiger partial charge in [0.15, 0.2) is 0 Å². The van der Waals surface area contributed by atoms with Gasteiger partial charge in [0.25, 0.3) is 5.56 Å². The van der Waals surface area contributed by atoms with Gasteiger partial charge >= 0.3 is 18.9 Å². The van der Waals surface area contributed by atoms with Crippen molar-refractivity contribution in [3.8, 4) is 0 Å². The molecule has 13 nitrogen and oxygen atoms in total. The van der Waals surface area contributed by atoms with Gasteiger partial charge in [-0.15, -0.1) is 0 Å². The standard InChI is InChI=1S/C14H21N6O7P/c1-4-25-28(24,14(23)16-3)26-7-10-9(18-19-15)5-11(27-10)20-6-8(2)12(21)17-13(20)22/h6,9-11H,4-5,7H2,1-3H3,(H,16,23)(H,17,21,22)/t9-,10+,11+,28?/m0/s1. The molecule has 1 unspecified atom stereocenters. The van der Waals surface area contributed by atoms with Crippen molar-refractivity contribution in [2.24, 2.45) is 5.11 Å². The van der Waals surface area contributed by atoms with E-state index in [1.807, 2.05) is 0 Å². The number of aromatic nitrogens is 2. The lowest BCUT2D eigenvalue weighted by Crippen LogP contribution is -2.33. The number of azide groups is 1. The number of hydrogen-bond donors (Lipinski definition) is 2. The van der Waals surface area contributed by atoms with E-state index >= 15 is 0 Å². The van der Waals surface area contributed by atoms with Crippen LogP contribution in [0.2, 0.25) is 0 Å². The lowest BCUT2D eigenvalue weighted by Gasteiger charge is -2.20. The third-order valence-electron chi connectivity index (χ3n) is 4.03. The minimum absolute atomic E-state index is 0.0231. The fourth-order valence-corrected chi connectivity index (χ4v) is 3.92. The molecule has 0 aromatic carbocycles. The van der Waals surface area contributed by atoms with Crippen molar-refractivity contribution in [1.82, 2.24) is 14.9 Å². The Morgan fingerprint density at radius 3 is 2.86 bits per heavy atom. The van der Waals surface area contributed by atoms with Crippen LogP contribution in [0.3, 0.4) is 0 Å². The lowest BCUT2D eigenvalue weighted by atomic mass is 10.1. The quantitative estimate of drug-likeness (QED) is 0.278. The summed E-state index contributed by atoms with van der Waals surface area (Å²) in [5.74, 6) is 0. The van der Waals surface area contributed by atoms with Crippen LogP contribution in [0.4, 0.5) is 4.79 Å². The van der Waals surface area contributed by atoms with Gasteiger partial charge in [-0.25, -0.2) is 9.36 Å². The first-order valence-electron chi connectivity index (χ1n) is 8.38. The number of hydrogen-bond acceptors (Lipinski definition) is 8. The minimum atomic E-state index is -4.10. The smallest absolute Gasteiger partial charge is 0.352 e. The van der Waals surface area contributed by atoms with Crippen molar-refractivity contribution in [3.63, 3.8) is 0 Å². The zero-order valence-electron chi connectivity index (χ0n) is 15.5. The topological polar surface area (TPSA) is 177 Å². The molecule has 1 fully saturated rings. The van der Waals surface area contributed by atoms with Crippen molar-refractivity contribution in [2.75, 3.05) is 20.3 Å². The number of ether oxygens (including phenoxy) is 1. The number of nitrogens with zero attached hydrogens (tertiary/aromatic N) is 4.